The van der Waals surface area contributed by atoms with E-state index in [9.17, 15) is 4.57 Å². The molecule has 98 valence electrons. The highest BCUT2D eigenvalue weighted by Gasteiger charge is 2.35. The molecule has 0 aliphatic heterocycles. The number of rotatable bonds is 9. The van der Waals surface area contributed by atoms with Crippen molar-refractivity contribution in [3.05, 3.63) is 0 Å². The van der Waals surface area contributed by atoms with Gasteiger partial charge in [0, 0.05) is 0 Å². The van der Waals surface area contributed by atoms with E-state index in [1.807, 2.05) is 6.92 Å². The van der Waals surface area contributed by atoms with Gasteiger partial charge in [0.15, 0.2) is 0 Å². The van der Waals surface area contributed by atoms with Crippen LogP contribution in [0.1, 0.15) is 65.7 Å². The highest BCUT2D eigenvalue weighted by molar-refractivity contribution is 7.46. The Morgan fingerprint density at radius 2 is 1.50 bits per heavy atom. The maximum absolute atomic E-state index is 11.0. The van der Waals surface area contributed by atoms with Gasteiger partial charge in [-0.25, -0.2) is 4.57 Å². The summed E-state index contributed by atoms with van der Waals surface area (Å²) in [6, 6.07) is 0. The Morgan fingerprint density at radius 3 is 1.75 bits per heavy atom. The lowest BCUT2D eigenvalue weighted by Crippen LogP contribution is -2.30. The number of hydrogen-bond donors (Lipinski definition) is 2. The zero-order valence-corrected chi connectivity index (χ0v) is 11.5. The lowest BCUT2D eigenvalue weighted by atomic mass is 9.88. The summed E-state index contributed by atoms with van der Waals surface area (Å²) in [7, 11) is -4.38. The Balaban J connectivity index is 4.59. The first kappa shape index (κ1) is 16.1. The van der Waals surface area contributed by atoms with E-state index in [2.05, 4.69) is 13.8 Å². The van der Waals surface area contributed by atoms with E-state index < -0.39 is 13.4 Å². The smallest absolute Gasteiger partial charge is 0.303 e. The van der Waals surface area contributed by atoms with Crippen molar-refractivity contribution < 1.29 is 18.9 Å². The molecule has 0 bridgehead atoms. The van der Waals surface area contributed by atoms with Gasteiger partial charge in [-0.2, -0.15) is 0 Å². The van der Waals surface area contributed by atoms with E-state index in [4.69, 9.17) is 14.3 Å². The van der Waals surface area contributed by atoms with Gasteiger partial charge >= 0.3 is 7.82 Å². The molecule has 0 amide bonds. The van der Waals surface area contributed by atoms with Gasteiger partial charge in [0.05, 0.1) is 5.60 Å². The summed E-state index contributed by atoms with van der Waals surface area (Å²) < 4.78 is 16.0. The van der Waals surface area contributed by atoms with Crippen molar-refractivity contribution in [1.82, 2.24) is 0 Å². The average Bonchev–Trinajstić information content (AvgIpc) is 2.20. The monoisotopic (exact) mass is 252 g/mol. The van der Waals surface area contributed by atoms with Gasteiger partial charge in [-0.3, -0.25) is 4.52 Å². The van der Waals surface area contributed by atoms with Crippen LogP contribution in [0.4, 0.5) is 0 Å². The number of hydrogen-bond acceptors (Lipinski definition) is 2. The molecule has 0 saturated heterocycles. The van der Waals surface area contributed by atoms with Crippen molar-refractivity contribution in [1.29, 1.82) is 0 Å². The molecule has 0 rings (SSSR count). The second-order valence-corrected chi connectivity index (χ2v) is 5.49. The van der Waals surface area contributed by atoms with Gasteiger partial charge in [-0.1, -0.05) is 46.5 Å². The van der Waals surface area contributed by atoms with E-state index in [1.54, 1.807) is 0 Å². The van der Waals surface area contributed by atoms with Gasteiger partial charge in [0.2, 0.25) is 0 Å². The topological polar surface area (TPSA) is 66.8 Å². The van der Waals surface area contributed by atoms with E-state index in [1.165, 1.54) is 0 Å². The van der Waals surface area contributed by atoms with Crippen LogP contribution in [0.2, 0.25) is 0 Å². The minimum absolute atomic E-state index is 0.634. The maximum Gasteiger partial charge on any atom is 0.470 e. The van der Waals surface area contributed by atoms with Crippen LogP contribution in [0.25, 0.3) is 0 Å². The Hall–Kier alpha value is 0.110. The number of phosphoric acid groups is 1. The second-order valence-electron chi connectivity index (χ2n) is 4.33. The molecule has 0 unspecified atom stereocenters. The van der Waals surface area contributed by atoms with Crippen LogP contribution in [0.5, 0.6) is 0 Å². The lowest BCUT2D eigenvalue weighted by molar-refractivity contribution is 0.0120. The minimum atomic E-state index is -4.38. The maximum atomic E-state index is 11.0. The van der Waals surface area contributed by atoms with Crippen molar-refractivity contribution in [3.63, 3.8) is 0 Å². The standard InChI is InChI=1S/C11H25O4P/c1-4-7-9-11(6-3,10-8-5-2)15-16(12,13)14/h4-10H2,1-3H3,(H2,12,13,14). The molecule has 0 atom stereocenters. The van der Waals surface area contributed by atoms with Crippen molar-refractivity contribution in [3.8, 4) is 0 Å². The molecule has 4 nitrogen and oxygen atoms in total. The van der Waals surface area contributed by atoms with Gasteiger partial charge < -0.3 is 9.79 Å². The third-order valence-corrected chi connectivity index (χ3v) is 3.55. The summed E-state index contributed by atoms with van der Waals surface area (Å²) >= 11 is 0. The Morgan fingerprint density at radius 1 is 1.06 bits per heavy atom. The van der Waals surface area contributed by atoms with Crippen molar-refractivity contribution in [2.75, 3.05) is 0 Å². The molecule has 0 aliphatic rings. The summed E-state index contributed by atoms with van der Waals surface area (Å²) in [5.74, 6) is 0. The first-order valence-corrected chi connectivity index (χ1v) is 7.68. The fourth-order valence-corrected chi connectivity index (χ4v) is 2.70. The second kappa shape index (κ2) is 7.44. The van der Waals surface area contributed by atoms with Crippen LogP contribution < -0.4 is 0 Å². The molecular formula is C11H25O4P. The molecular weight excluding hydrogens is 227 g/mol. The summed E-state index contributed by atoms with van der Waals surface area (Å²) in [5.41, 5.74) is -0.634. The van der Waals surface area contributed by atoms with E-state index in [0.29, 0.717) is 6.42 Å². The molecule has 0 saturated carbocycles. The van der Waals surface area contributed by atoms with Crippen LogP contribution in [0.3, 0.4) is 0 Å². The number of unbranched alkanes of at least 4 members (excludes halogenated alkanes) is 2. The third-order valence-electron chi connectivity index (χ3n) is 2.93. The Bertz CT molecular complexity index is 216. The van der Waals surface area contributed by atoms with Crippen LogP contribution >= 0.6 is 7.82 Å². The van der Waals surface area contributed by atoms with Crippen molar-refractivity contribution in [2.45, 2.75) is 71.3 Å². The molecule has 0 radical (unpaired) electrons. The predicted molar refractivity (Wildman–Crippen MR) is 65.2 cm³/mol. The Labute approximate surface area is 98.6 Å². The van der Waals surface area contributed by atoms with Crippen LogP contribution in [-0.4, -0.2) is 15.4 Å². The minimum Gasteiger partial charge on any atom is -0.303 e. The molecule has 16 heavy (non-hydrogen) atoms. The lowest BCUT2D eigenvalue weighted by Gasteiger charge is -2.33. The van der Waals surface area contributed by atoms with Gasteiger partial charge in [0.25, 0.3) is 0 Å². The number of phosphoric ester groups is 1. The Kier molecular flexibility index (Phi) is 7.49. The van der Waals surface area contributed by atoms with Crippen molar-refractivity contribution >= 4 is 7.82 Å². The zero-order chi connectivity index (χ0) is 12.7. The van der Waals surface area contributed by atoms with Crippen molar-refractivity contribution in [2.24, 2.45) is 0 Å². The SMILES string of the molecule is CCCCC(CC)(CCCC)OP(=O)(O)O. The normalized spacial score (nSPS) is 13.1. The van der Waals surface area contributed by atoms with Crippen LogP contribution in [0.15, 0.2) is 0 Å². The summed E-state index contributed by atoms with van der Waals surface area (Å²) in [4.78, 5) is 17.9. The highest BCUT2D eigenvalue weighted by Crippen LogP contribution is 2.46. The van der Waals surface area contributed by atoms with Crippen LogP contribution in [-0.2, 0) is 9.09 Å². The summed E-state index contributed by atoms with van der Waals surface area (Å²) in [6.07, 6.45) is 6.01. The molecule has 0 heterocycles. The van der Waals surface area contributed by atoms with E-state index >= 15 is 0 Å². The van der Waals surface area contributed by atoms with E-state index in [0.717, 1.165) is 38.5 Å². The first-order valence-electron chi connectivity index (χ1n) is 6.15. The molecule has 0 aromatic rings. The zero-order valence-electron chi connectivity index (χ0n) is 10.6. The predicted octanol–water partition coefficient (Wildman–Crippen LogP) is 3.62. The molecule has 5 heteroatoms. The van der Waals surface area contributed by atoms with Gasteiger partial charge in [-0.15, -0.1) is 0 Å². The fourth-order valence-electron chi connectivity index (χ4n) is 1.88. The first-order chi connectivity index (χ1) is 7.39. The molecule has 0 spiro atoms. The molecule has 0 aromatic carbocycles. The average molecular weight is 252 g/mol. The molecule has 0 fully saturated rings. The quantitative estimate of drug-likeness (QED) is 0.615. The molecule has 2 N–H and O–H groups in total. The van der Waals surface area contributed by atoms with Gasteiger partial charge in [-0.05, 0) is 19.3 Å². The third kappa shape index (κ3) is 6.64. The van der Waals surface area contributed by atoms with Crippen LogP contribution in [0, 0.1) is 0 Å². The molecule has 0 aliphatic carbocycles. The highest BCUT2D eigenvalue weighted by atomic mass is 31.2. The molecule has 0 aromatic heterocycles. The largest absolute Gasteiger partial charge is 0.470 e. The van der Waals surface area contributed by atoms with E-state index in [-0.39, 0.29) is 0 Å². The fraction of sp³-hybridized carbons (Fsp3) is 1.00. The van der Waals surface area contributed by atoms with Gasteiger partial charge in [0.1, 0.15) is 0 Å². The summed E-state index contributed by atoms with van der Waals surface area (Å²) in [5, 5.41) is 0. The summed E-state index contributed by atoms with van der Waals surface area (Å²) in [6.45, 7) is 6.07.